The molecule has 0 bridgehead atoms. The van der Waals surface area contributed by atoms with Gasteiger partial charge in [0.2, 0.25) is 0 Å². The third kappa shape index (κ3) is 1.56. The smallest absolute Gasteiger partial charge is 0.0718 e. The highest BCUT2D eigenvalue weighted by Crippen LogP contribution is 2.29. The minimum absolute atomic E-state index is 0.730. The van der Waals surface area contributed by atoms with E-state index in [1.165, 1.54) is 5.56 Å². The van der Waals surface area contributed by atoms with Gasteiger partial charge in [0.25, 0.3) is 0 Å². The van der Waals surface area contributed by atoms with Crippen LogP contribution in [0.5, 0.6) is 0 Å². The lowest BCUT2D eigenvalue weighted by molar-refractivity contribution is 1.37. The Morgan fingerprint density at radius 2 is 2.15 bits per heavy atom. The van der Waals surface area contributed by atoms with Gasteiger partial charge in [-0.3, -0.25) is 4.98 Å². The molecule has 0 amide bonds. The summed E-state index contributed by atoms with van der Waals surface area (Å²) in [6.07, 6.45) is 1.72. The number of benzene rings is 1. The van der Waals surface area contributed by atoms with Gasteiger partial charge in [0.05, 0.1) is 15.0 Å². The van der Waals surface area contributed by atoms with Crippen molar-refractivity contribution in [3.05, 3.63) is 39.5 Å². The first-order valence-electron chi connectivity index (χ1n) is 3.89. The zero-order valence-corrected chi connectivity index (χ0v) is 9.35. The topological polar surface area (TPSA) is 12.9 Å². The van der Waals surface area contributed by atoms with E-state index in [0.717, 1.165) is 20.4 Å². The molecule has 0 saturated heterocycles. The zero-order valence-electron chi connectivity index (χ0n) is 7.01. The first-order chi connectivity index (χ1) is 6.18. The lowest BCUT2D eigenvalue weighted by Crippen LogP contribution is -1.82. The van der Waals surface area contributed by atoms with Crippen molar-refractivity contribution < 1.29 is 0 Å². The van der Waals surface area contributed by atoms with E-state index in [-0.39, 0.29) is 0 Å². The predicted molar refractivity (Wildman–Crippen MR) is 59.2 cm³/mol. The highest BCUT2D eigenvalue weighted by atomic mass is 79.9. The van der Waals surface area contributed by atoms with Gasteiger partial charge < -0.3 is 0 Å². The van der Waals surface area contributed by atoms with Crippen LogP contribution in [0.15, 0.2) is 28.9 Å². The maximum Gasteiger partial charge on any atom is 0.0718 e. The van der Waals surface area contributed by atoms with E-state index >= 15 is 0 Å². The maximum absolute atomic E-state index is 6.11. The Morgan fingerprint density at radius 1 is 1.38 bits per heavy atom. The molecule has 0 spiro atoms. The van der Waals surface area contributed by atoms with Crippen molar-refractivity contribution in [2.45, 2.75) is 6.92 Å². The maximum atomic E-state index is 6.11. The number of nitrogens with zero attached hydrogens (tertiary/aromatic N) is 1. The highest BCUT2D eigenvalue weighted by molar-refractivity contribution is 9.10. The first-order valence-corrected chi connectivity index (χ1v) is 5.06. The van der Waals surface area contributed by atoms with Crippen LogP contribution in [-0.4, -0.2) is 4.98 Å². The van der Waals surface area contributed by atoms with Crippen molar-refractivity contribution in [2.75, 3.05) is 0 Å². The predicted octanol–water partition coefficient (Wildman–Crippen LogP) is 3.96. The van der Waals surface area contributed by atoms with Gasteiger partial charge >= 0.3 is 0 Å². The van der Waals surface area contributed by atoms with E-state index in [2.05, 4.69) is 20.9 Å². The monoisotopic (exact) mass is 255 g/mol. The summed E-state index contributed by atoms with van der Waals surface area (Å²) in [6.45, 7) is 2.04. The summed E-state index contributed by atoms with van der Waals surface area (Å²) in [6, 6.07) is 6.04. The molecular weight excluding hydrogens is 249 g/mol. The molecule has 3 heteroatoms. The van der Waals surface area contributed by atoms with Crippen LogP contribution < -0.4 is 0 Å². The van der Waals surface area contributed by atoms with Gasteiger partial charge in [0.15, 0.2) is 0 Å². The third-order valence-electron chi connectivity index (χ3n) is 1.92. The van der Waals surface area contributed by atoms with Gasteiger partial charge in [-0.1, -0.05) is 23.2 Å². The molecule has 0 N–H and O–H groups in total. The van der Waals surface area contributed by atoms with Crippen LogP contribution in [0, 0.1) is 6.92 Å². The van der Waals surface area contributed by atoms with E-state index in [4.69, 9.17) is 11.6 Å². The van der Waals surface area contributed by atoms with Crippen LogP contribution >= 0.6 is 27.5 Å². The minimum atomic E-state index is 0.730. The van der Waals surface area contributed by atoms with Gasteiger partial charge in [-0.25, -0.2) is 0 Å². The van der Waals surface area contributed by atoms with Crippen LogP contribution in [0.2, 0.25) is 5.02 Å². The fraction of sp³-hybridized carbons (Fsp3) is 0.100. The standard InChI is InChI=1S/C10H7BrClN/c1-6-2-3-9-7(4-6)10(12)8(11)5-13-9/h2-5H,1H3. The van der Waals surface area contributed by atoms with Crippen LogP contribution in [0.1, 0.15) is 5.56 Å². The largest absolute Gasteiger partial charge is 0.255 e. The second kappa shape index (κ2) is 3.28. The van der Waals surface area contributed by atoms with Crippen LogP contribution in [-0.2, 0) is 0 Å². The summed E-state index contributed by atoms with van der Waals surface area (Å²) >= 11 is 9.46. The molecule has 0 aliphatic heterocycles. The molecule has 1 aromatic heterocycles. The molecule has 2 rings (SSSR count). The van der Waals surface area contributed by atoms with Crippen molar-refractivity contribution in [1.82, 2.24) is 4.98 Å². The number of aromatic nitrogens is 1. The minimum Gasteiger partial charge on any atom is -0.255 e. The van der Waals surface area contributed by atoms with Crippen molar-refractivity contribution in [3.8, 4) is 0 Å². The van der Waals surface area contributed by atoms with Gasteiger partial charge in [-0.15, -0.1) is 0 Å². The summed E-state index contributed by atoms with van der Waals surface area (Å²) in [5, 5.41) is 1.73. The number of rotatable bonds is 0. The average molecular weight is 257 g/mol. The molecule has 0 radical (unpaired) electrons. The van der Waals surface area contributed by atoms with E-state index in [9.17, 15) is 0 Å². The molecule has 66 valence electrons. The Hall–Kier alpha value is -0.600. The van der Waals surface area contributed by atoms with Crippen LogP contribution in [0.4, 0.5) is 0 Å². The average Bonchev–Trinajstić information content (AvgIpc) is 2.12. The van der Waals surface area contributed by atoms with Crippen molar-refractivity contribution in [3.63, 3.8) is 0 Å². The van der Waals surface area contributed by atoms with Crippen LogP contribution in [0.25, 0.3) is 10.9 Å². The van der Waals surface area contributed by atoms with Gasteiger partial charge in [-0.2, -0.15) is 0 Å². The van der Waals surface area contributed by atoms with Gasteiger partial charge in [0, 0.05) is 11.6 Å². The third-order valence-corrected chi connectivity index (χ3v) is 3.15. The molecule has 1 nitrogen and oxygen atoms in total. The Bertz CT molecular complexity index is 462. The van der Waals surface area contributed by atoms with E-state index < -0.39 is 0 Å². The fourth-order valence-corrected chi connectivity index (χ4v) is 1.77. The second-order valence-electron chi connectivity index (χ2n) is 2.94. The summed E-state index contributed by atoms with van der Waals surface area (Å²) < 4.78 is 0.840. The molecule has 0 unspecified atom stereocenters. The van der Waals surface area contributed by atoms with Crippen molar-refractivity contribution >= 4 is 38.4 Å². The SMILES string of the molecule is Cc1ccc2ncc(Br)c(Cl)c2c1. The Morgan fingerprint density at radius 3 is 2.92 bits per heavy atom. The van der Waals surface area contributed by atoms with Crippen LogP contribution in [0.3, 0.4) is 0 Å². The number of hydrogen-bond donors (Lipinski definition) is 0. The normalized spacial score (nSPS) is 10.7. The number of fused-ring (bicyclic) bond motifs is 1. The highest BCUT2D eigenvalue weighted by Gasteiger charge is 2.03. The number of hydrogen-bond acceptors (Lipinski definition) is 1. The Labute approximate surface area is 89.9 Å². The van der Waals surface area contributed by atoms with Crippen molar-refractivity contribution in [2.24, 2.45) is 0 Å². The molecule has 0 aliphatic carbocycles. The zero-order chi connectivity index (χ0) is 9.42. The van der Waals surface area contributed by atoms with E-state index in [1.807, 2.05) is 25.1 Å². The Kier molecular flexibility index (Phi) is 2.26. The molecule has 0 aliphatic rings. The molecule has 1 aromatic carbocycles. The molecule has 13 heavy (non-hydrogen) atoms. The summed E-state index contributed by atoms with van der Waals surface area (Å²) in [4.78, 5) is 4.25. The number of aryl methyl sites for hydroxylation is 1. The lowest BCUT2D eigenvalue weighted by Gasteiger charge is -2.02. The fourth-order valence-electron chi connectivity index (χ4n) is 1.25. The number of halogens is 2. The molecule has 2 aromatic rings. The summed E-state index contributed by atoms with van der Waals surface area (Å²) in [5.74, 6) is 0. The molecule has 0 saturated carbocycles. The Balaban J connectivity index is 2.89. The van der Waals surface area contributed by atoms with Crippen molar-refractivity contribution in [1.29, 1.82) is 0 Å². The molecule has 0 fully saturated rings. The second-order valence-corrected chi connectivity index (χ2v) is 4.17. The van der Waals surface area contributed by atoms with Gasteiger partial charge in [-0.05, 0) is 35.0 Å². The molecular formula is C10H7BrClN. The van der Waals surface area contributed by atoms with E-state index in [1.54, 1.807) is 6.20 Å². The number of pyridine rings is 1. The molecule has 0 atom stereocenters. The summed E-state index contributed by atoms with van der Waals surface area (Å²) in [7, 11) is 0. The molecule has 1 heterocycles. The quantitative estimate of drug-likeness (QED) is 0.695. The van der Waals surface area contributed by atoms with E-state index in [0.29, 0.717) is 0 Å². The first kappa shape index (κ1) is 8.97. The lowest BCUT2D eigenvalue weighted by atomic mass is 10.1. The summed E-state index contributed by atoms with van der Waals surface area (Å²) in [5.41, 5.74) is 2.12. The van der Waals surface area contributed by atoms with Gasteiger partial charge in [0.1, 0.15) is 0 Å².